The van der Waals surface area contributed by atoms with Crippen molar-refractivity contribution >= 4 is 34.1 Å². The first-order chi connectivity index (χ1) is 19.5. The van der Waals surface area contributed by atoms with Crippen LogP contribution >= 0.6 is 23.2 Å². The highest BCUT2D eigenvalue weighted by Gasteiger charge is 2.49. The number of fused-ring (bicyclic) bond motifs is 4. The van der Waals surface area contributed by atoms with Crippen LogP contribution in [0.15, 0.2) is 115 Å². The van der Waals surface area contributed by atoms with E-state index in [0.717, 1.165) is 50.2 Å². The standard InChI is InChI=1S/C35H25Cl2NO2/c1-40-27-17-6-21(7-18-27)32-29-20-26(39)16-19-30(29)35(22-8-12-24(36)13-9-22,23-10-14-25(37)15-11-23)34-33(32)28-4-2-3-5-31(28)38-34/h2-20,32,38-39H,1H3. The lowest BCUT2D eigenvalue weighted by atomic mass is 9.58. The van der Waals surface area contributed by atoms with E-state index in [1.807, 2.05) is 42.5 Å². The summed E-state index contributed by atoms with van der Waals surface area (Å²) in [7, 11) is 1.67. The molecule has 196 valence electrons. The summed E-state index contributed by atoms with van der Waals surface area (Å²) >= 11 is 12.8. The zero-order valence-electron chi connectivity index (χ0n) is 21.7. The third-order valence-corrected chi connectivity index (χ3v) is 8.67. The highest BCUT2D eigenvalue weighted by molar-refractivity contribution is 6.30. The number of rotatable bonds is 4. The molecule has 1 heterocycles. The number of hydrogen-bond donors (Lipinski definition) is 2. The first-order valence-corrected chi connectivity index (χ1v) is 13.9. The van der Waals surface area contributed by atoms with Crippen LogP contribution in [0.1, 0.15) is 45.0 Å². The Morgan fingerprint density at radius 2 is 1.38 bits per heavy atom. The summed E-state index contributed by atoms with van der Waals surface area (Å²) in [4.78, 5) is 3.86. The van der Waals surface area contributed by atoms with Gasteiger partial charge in [-0.25, -0.2) is 0 Å². The van der Waals surface area contributed by atoms with Crippen molar-refractivity contribution in [1.82, 2.24) is 4.98 Å². The monoisotopic (exact) mass is 561 g/mol. The summed E-state index contributed by atoms with van der Waals surface area (Å²) in [5.41, 5.74) is 7.92. The maximum Gasteiger partial charge on any atom is 0.118 e. The maximum absolute atomic E-state index is 10.9. The molecular formula is C35H25Cl2NO2. The molecule has 0 fully saturated rings. The average molecular weight is 562 g/mol. The molecule has 2 N–H and O–H groups in total. The highest BCUT2D eigenvalue weighted by Crippen LogP contribution is 2.57. The van der Waals surface area contributed by atoms with Gasteiger partial charge in [-0.2, -0.15) is 0 Å². The van der Waals surface area contributed by atoms with Crippen molar-refractivity contribution in [2.45, 2.75) is 11.3 Å². The lowest BCUT2D eigenvalue weighted by Gasteiger charge is -2.43. The number of aromatic nitrogens is 1. The smallest absolute Gasteiger partial charge is 0.118 e. The van der Waals surface area contributed by atoms with E-state index < -0.39 is 5.41 Å². The summed E-state index contributed by atoms with van der Waals surface area (Å²) in [6.45, 7) is 0. The van der Waals surface area contributed by atoms with Crippen LogP contribution in [0.25, 0.3) is 10.9 Å². The number of aromatic amines is 1. The molecule has 0 spiro atoms. The number of hydrogen-bond acceptors (Lipinski definition) is 2. The Morgan fingerprint density at radius 3 is 2.00 bits per heavy atom. The molecular weight excluding hydrogens is 537 g/mol. The molecule has 1 aliphatic carbocycles. The Hall–Kier alpha value is -4.18. The summed E-state index contributed by atoms with van der Waals surface area (Å²) in [5.74, 6) is 0.889. The summed E-state index contributed by atoms with van der Waals surface area (Å²) in [6, 6.07) is 38.5. The predicted octanol–water partition coefficient (Wildman–Crippen LogP) is 9.07. The van der Waals surface area contributed by atoms with Gasteiger partial charge >= 0.3 is 0 Å². The second kappa shape index (κ2) is 9.48. The van der Waals surface area contributed by atoms with Gasteiger partial charge < -0.3 is 14.8 Å². The van der Waals surface area contributed by atoms with Gasteiger partial charge in [0.1, 0.15) is 11.5 Å². The van der Waals surface area contributed by atoms with Gasteiger partial charge in [-0.15, -0.1) is 0 Å². The minimum absolute atomic E-state index is 0.133. The van der Waals surface area contributed by atoms with Crippen LogP contribution in [0, 0.1) is 0 Å². The second-order valence-corrected chi connectivity index (χ2v) is 11.1. The van der Waals surface area contributed by atoms with Crippen molar-refractivity contribution in [3.63, 3.8) is 0 Å². The van der Waals surface area contributed by atoms with Gasteiger partial charge in [0.2, 0.25) is 0 Å². The fourth-order valence-electron chi connectivity index (χ4n) is 6.49. The average Bonchev–Trinajstić information content (AvgIpc) is 3.37. The third-order valence-electron chi connectivity index (χ3n) is 8.16. The number of benzene rings is 5. The molecule has 40 heavy (non-hydrogen) atoms. The number of para-hydroxylation sites is 1. The number of halogens is 2. The van der Waals surface area contributed by atoms with E-state index in [1.165, 1.54) is 5.56 Å². The first kappa shape index (κ1) is 24.8. The van der Waals surface area contributed by atoms with Gasteiger partial charge in [0.25, 0.3) is 0 Å². The van der Waals surface area contributed by atoms with Crippen LogP contribution < -0.4 is 4.74 Å². The number of methoxy groups -OCH3 is 1. The largest absolute Gasteiger partial charge is 0.508 e. The van der Waals surface area contributed by atoms with Gasteiger partial charge in [-0.1, -0.05) is 83.9 Å². The molecule has 7 rings (SSSR count). The van der Waals surface area contributed by atoms with Crippen LogP contribution in [0.5, 0.6) is 11.5 Å². The molecule has 0 amide bonds. The first-order valence-electron chi connectivity index (χ1n) is 13.1. The molecule has 1 aliphatic rings. The van der Waals surface area contributed by atoms with E-state index in [9.17, 15) is 5.11 Å². The van der Waals surface area contributed by atoms with Crippen molar-refractivity contribution in [3.8, 4) is 11.5 Å². The van der Waals surface area contributed by atoms with Gasteiger partial charge in [-0.05, 0) is 88.0 Å². The fraction of sp³-hybridized carbons (Fsp3) is 0.0857. The lowest BCUT2D eigenvalue weighted by molar-refractivity contribution is 0.414. The topological polar surface area (TPSA) is 45.2 Å². The van der Waals surface area contributed by atoms with Gasteiger partial charge in [0, 0.05) is 32.6 Å². The molecule has 1 aromatic heterocycles. The van der Waals surface area contributed by atoms with Crippen LogP contribution in [0.2, 0.25) is 10.0 Å². The maximum atomic E-state index is 10.9. The quantitative estimate of drug-likeness (QED) is 0.225. The van der Waals surface area contributed by atoms with E-state index in [2.05, 4.69) is 71.7 Å². The molecule has 6 aromatic rings. The van der Waals surface area contributed by atoms with Gasteiger partial charge in [-0.3, -0.25) is 0 Å². The van der Waals surface area contributed by atoms with Gasteiger partial charge in [0.15, 0.2) is 0 Å². The van der Waals surface area contributed by atoms with Crippen LogP contribution in [-0.4, -0.2) is 17.2 Å². The van der Waals surface area contributed by atoms with Crippen molar-refractivity contribution in [2.75, 3.05) is 7.11 Å². The SMILES string of the molecule is COc1ccc(C2c3cc(O)ccc3C(c3ccc(Cl)cc3)(c3ccc(Cl)cc3)c3[nH]c4ccccc4c32)cc1. The molecule has 1 atom stereocenters. The number of phenols is 1. The van der Waals surface area contributed by atoms with Crippen molar-refractivity contribution in [3.05, 3.63) is 164 Å². The Bertz CT molecular complexity index is 1810. The molecule has 0 saturated carbocycles. The normalized spacial score (nSPS) is 15.4. The zero-order chi connectivity index (χ0) is 27.4. The fourth-order valence-corrected chi connectivity index (χ4v) is 6.74. The van der Waals surface area contributed by atoms with Crippen molar-refractivity contribution < 1.29 is 9.84 Å². The molecule has 3 nitrogen and oxygen atoms in total. The van der Waals surface area contributed by atoms with E-state index in [0.29, 0.717) is 10.0 Å². The van der Waals surface area contributed by atoms with Crippen LogP contribution in [-0.2, 0) is 5.41 Å². The summed E-state index contributed by atoms with van der Waals surface area (Å²) in [6.07, 6.45) is 0. The molecule has 0 aliphatic heterocycles. The third kappa shape index (κ3) is 3.66. The van der Waals surface area contributed by atoms with Crippen LogP contribution in [0.3, 0.4) is 0 Å². The Kier molecular flexibility index (Phi) is 5.88. The predicted molar refractivity (Wildman–Crippen MR) is 162 cm³/mol. The minimum atomic E-state index is -0.727. The second-order valence-electron chi connectivity index (χ2n) is 10.2. The minimum Gasteiger partial charge on any atom is -0.508 e. The highest BCUT2D eigenvalue weighted by atomic mass is 35.5. The molecule has 1 unspecified atom stereocenters. The number of phenolic OH excluding ortho intramolecular Hbond substituents is 1. The van der Waals surface area contributed by atoms with E-state index in [-0.39, 0.29) is 11.7 Å². The molecule has 5 aromatic carbocycles. The number of ether oxygens (including phenoxy) is 1. The number of H-pyrrole nitrogens is 1. The van der Waals surface area contributed by atoms with Crippen LogP contribution in [0.4, 0.5) is 0 Å². The summed E-state index contributed by atoms with van der Waals surface area (Å²) < 4.78 is 5.47. The zero-order valence-corrected chi connectivity index (χ0v) is 23.2. The van der Waals surface area contributed by atoms with E-state index >= 15 is 0 Å². The molecule has 0 radical (unpaired) electrons. The van der Waals surface area contributed by atoms with E-state index in [1.54, 1.807) is 13.2 Å². The lowest BCUT2D eigenvalue weighted by Crippen LogP contribution is -2.37. The number of aromatic hydroxyl groups is 1. The number of nitrogens with one attached hydrogen (secondary N) is 1. The van der Waals surface area contributed by atoms with Gasteiger partial charge in [0.05, 0.1) is 12.5 Å². The molecule has 0 bridgehead atoms. The molecule has 5 heteroatoms. The van der Waals surface area contributed by atoms with Crippen molar-refractivity contribution in [1.29, 1.82) is 0 Å². The Balaban J connectivity index is 1.67. The Morgan fingerprint density at radius 1 is 0.750 bits per heavy atom. The molecule has 0 saturated heterocycles. The van der Waals surface area contributed by atoms with E-state index in [4.69, 9.17) is 27.9 Å². The summed E-state index contributed by atoms with van der Waals surface area (Å²) in [5, 5.41) is 13.3. The Labute approximate surface area is 242 Å². The van der Waals surface area contributed by atoms with Crippen molar-refractivity contribution in [2.24, 2.45) is 0 Å².